The fraction of sp³-hybridized carbons (Fsp3) is 0.400. The SMILES string of the molecule is CC(C)(C)NC(=O)COc1ccc(CNCCOc2ccccn2)cc1.Cl. The molecule has 148 valence electrons. The molecule has 27 heavy (non-hydrogen) atoms. The minimum atomic E-state index is -0.254. The maximum Gasteiger partial charge on any atom is 0.258 e. The van der Waals surface area contributed by atoms with Crippen molar-refractivity contribution in [3.8, 4) is 11.6 Å². The minimum Gasteiger partial charge on any atom is -0.484 e. The third-order valence-corrected chi connectivity index (χ3v) is 3.30. The standard InChI is InChI=1S/C20H27N3O3.ClH/c1-20(2,3)23-18(24)15-26-17-9-7-16(8-10-17)14-21-12-13-25-19-6-4-5-11-22-19;/h4-11,21H,12-15H2,1-3H3,(H,23,24);1H. The molecule has 0 unspecified atom stereocenters. The molecule has 1 heterocycles. The van der Waals surface area contributed by atoms with Gasteiger partial charge in [0.2, 0.25) is 5.88 Å². The number of pyridine rings is 1. The largest absolute Gasteiger partial charge is 0.484 e. The highest BCUT2D eigenvalue weighted by Gasteiger charge is 2.13. The molecule has 1 amide bonds. The molecule has 0 fully saturated rings. The van der Waals surface area contributed by atoms with Gasteiger partial charge in [-0.3, -0.25) is 4.79 Å². The summed E-state index contributed by atoms with van der Waals surface area (Å²) >= 11 is 0. The van der Waals surface area contributed by atoms with Gasteiger partial charge in [0.25, 0.3) is 5.91 Å². The van der Waals surface area contributed by atoms with Crippen molar-refractivity contribution in [2.24, 2.45) is 0 Å². The predicted octanol–water partition coefficient (Wildman–Crippen LogP) is 2.97. The van der Waals surface area contributed by atoms with E-state index in [4.69, 9.17) is 9.47 Å². The van der Waals surface area contributed by atoms with Gasteiger partial charge in [-0.1, -0.05) is 18.2 Å². The van der Waals surface area contributed by atoms with Gasteiger partial charge in [0.05, 0.1) is 0 Å². The van der Waals surface area contributed by atoms with Crippen LogP contribution in [0.15, 0.2) is 48.7 Å². The van der Waals surface area contributed by atoms with Gasteiger partial charge in [0, 0.05) is 30.9 Å². The van der Waals surface area contributed by atoms with Gasteiger partial charge in [-0.2, -0.15) is 0 Å². The van der Waals surface area contributed by atoms with E-state index in [1.807, 2.05) is 63.2 Å². The molecule has 0 radical (unpaired) electrons. The Morgan fingerprint density at radius 2 is 1.81 bits per heavy atom. The normalized spacial score (nSPS) is 10.6. The molecule has 0 saturated heterocycles. The Morgan fingerprint density at radius 1 is 1.07 bits per heavy atom. The highest BCUT2D eigenvalue weighted by molar-refractivity contribution is 5.85. The van der Waals surface area contributed by atoms with Gasteiger partial charge in [-0.25, -0.2) is 4.98 Å². The molecule has 0 spiro atoms. The van der Waals surface area contributed by atoms with E-state index in [9.17, 15) is 4.79 Å². The van der Waals surface area contributed by atoms with Crippen LogP contribution in [0.4, 0.5) is 0 Å². The summed E-state index contributed by atoms with van der Waals surface area (Å²) in [5, 5.41) is 6.17. The zero-order valence-electron chi connectivity index (χ0n) is 16.0. The number of halogens is 1. The Morgan fingerprint density at radius 3 is 2.44 bits per heavy atom. The van der Waals surface area contributed by atoms with Gasteiger partial charge in [-0.05, 0) is 44.5 Å². The number of ether oxygens (including phenoxy) is 2. The average Bonchev–Trinajstić information content (AvgIpc) is 2.60. The fourth-order valence-electron chi connectivity index (χ4n) is 2.20. The molecule has 1 aromatic heterocycles. The first kappa shape index (κ1) is 22.7. The number of hydrogen-bond acceptors (Lipinski definition) is 5. The van der Waals surface area contributed by atoms with Crippen molar-refractivity contribution in [2.75, 3.05) is 19.8 Å². The third-order valence-electron chi connectivity index (χ3n) is 3.30. The number of nitrogens with one attached hydrogen (secondary N) is 2. The lowest BCUT2D eigenvalue weighted by Crippen LogP contribution is -2.43. The summed E-state index contributed by atoms with van der Waals surface area (Å²) in [6, 6.07) is 13.3. The van der Waals surface area contributed by atoms with Crippen LogP contribution in [0.2, 0.25) is 0 Å². The summed E-state index contributed by atoms with van der Waals surface area (Å²) in [7, 11) is 0. The number of carbonyl (C=O) groups is 1. The van der Waals surface area contributed by atoms with Gasteiger partial charge in [0.1, 0.15) is 12.4 Å². The second-order valence-corrected chi connectivity index (χ2v) is 6.92. The maximum atomic E-state index is 11.7. The Balaban J connectivity index is 0.00000364. The fourth-order valence-corrected chi connectivity index (χ4v) is 2.20. The van der Waals surface area contributed by atoms with Crippen LogP contribution < -0.4 is 20.1 Å². The Labute approximate surface area is 167 Å². The molecule has 2 aromatic rings. The Hall–Kier alpha value is -2.31. The second-order valence-electron chi connectivity index (χ2n) is 6.92. The molecule has 0 aliphatic carbocycles. The van der Waals surface area contributed by atoms with Crippen molar-refractivity contribution in [3.63, 3.8) is 0 Å². The maximum absolute atomic E-state index is 11.7. The van der Waals surface area contributed by atoms with Crippen molar-refractivity contribution in [3.05, 3.63) is 54.2 Å². The number of benzene rings is 1. The first-order valence-corrected chi connectivity index (χ1v) is 8.70. The van der Waals surface area contributed by atoms with Crippen molar-refractivity contribution < 1.29 is 14.3 Å². The van der Waals surface area contributed by atoms with Crippen molar-refractivity contribution in [1.29, 1.82) is 0 Å². The summed E-state index contributed by atoms with van der Waals surface area (Å²) in [5.41, 5.74) is 0.880. The molecule has 0 aliphatic rings. The number of nitrogens with zero attached hydrogens (tertiary/aromatic N) is 1. The summed E-state index contributed by atoms with van der Waals surface area (Å²) in [5.74, 6) is 1.18. The van der Waals surface area contributed by atoms with Gasteiger partial charge < -0.3 is 20.1 Å². The van der Waals surface area contributed by atoms with Crippen LogP contribution in [-0.4, -0.2) is 36.2 Å². The number of hydrogen-bond donors (Lipinski definition) is 2. The van der Waals surface area contributed by atoms with Crippen LogP contribution in [-0.2, 0) is 11.3 Å². The highest BCUT2D eigenvalue weighted by atomic mass is 35.5. The molecule has 6 nitrogen and oxygen atoms in total. The molecule has 7 heteroatoms. The number of aromatic nitrogens is 1. The lowest BCUT2D eigenvalue weighted by molar-refractivity contribution is -0.124. The van der Waals surface area contributed by atoms with E-state index in [1.54, 1.807) is 6.20 Å². The molecule has 2 N–H and O–H groups in total. The van der Waals surface area contributed by atoms with Crippen LogP contribution in [0.1, 0.15) is 26.3 Å². The predicted molar refractivity (Wildman–Crippen MR) is 109 cm³/mol. The first-order chi connectivity index (χ1) is 12.4. The summed E-state index contributed by atoms with van der Waals surface area (Å²) in [6.45, 7) is 7.84. The lowest BCUT2D eigenvalue weighted by atomic mass is 10.1. The first-order valence-electron chi connectivity index (χ1n) is 8.70. The molecular formula is C20H28ClN3O3. The monoisotopic (exact) mass is 393 g/mol. The summed E-state index contributed by atoms with van der Waals surface area (Å²) in [4.78, 5) is 15.8. The number of amides is 1. The van der Waals surface area contributed by atoms with Gasteiger partial charge in [0.15, 0.2) is 6.61 Å². The zero-order valence-corrected chi connectivity index (χ0v) is 16.8. The minimum absolute atomic E-state index is 0. The molecule has 0 saturated carbocycles. The number of carbonyl (C=O) groups excluding carboxylic acids is 1. The molecular weight excluding hydrogens is 366 g/mol. The van der Waals surface area contributed by atoms with Crippen LogP contribution >= 0.6 is 12.4 Å². The molecule has 0 aliphatic heterocycles. The molecule has 0 atom stereocenters. The Kier molecular flexibility index (Phi) is 9.61. The van der Waals surface area contributed by atoms with Gasteiger partial charge in [-0.15, -0.1) is 12.4 Å². The third kappa shape index (κ3) is 9.82. The molecule has 1 aromatic carbocycles. The van der Waals surface area contributed by atoms with Crippen molar-refractivity contribution in [2.45, 2.75) is 32.9 Å². The number of rotatable bonds is 9. The Bertz CT molecular complexity index is 673. The summed E-state index contributed by atoms with van der Waals surface area (Å²) in [6.07, 6.45) is 1.71. The van der Waals surface area contributed by atoms with Crippen LogP contribution in [0.5, 0.6) is 11.6 Å². The van der Waals surface area contributed by atoms with Crippen LogP contribution in [0.25, 0.3) is 0 Å². The van der Waals surface area contributed by atoms with E-state index in [2.05, 4.69) is 15.6 Å². The van der Waals surface area contributed by atoms with Gasteiger partial charge >= 0.3 is 0 Å². The molecule has 2 rings (SSSR count). The van der Waals surface area contributed by atoms with E-state index in [1.165, 1.54) is 0 Å². The molecule has 0 bridgehead atoms. The van der Waals surface area contributed by atoms with E-state index in [-0.39, 0.29) is 30.5 Å². The quantitative estimate of drug-likeness (QED) is 0.641. The van der Waals surface area contributed by atoms with Crippen LogP contribution in [0, 0.1) is 0 Å². The second kappa shape index (κ2) is 11.4. The summed E-state index contributed by atoms with van der Waals surface area (Å²) < 4.78 is 11.0. The van der Waals surface area contributed by atoms with E-state index < -0.39 is 0 Å². The highest BCUT2D eigenvalue weighted by Crippen LogP contribution is 2.12. The van der Waals surface area contributed by atoms with Crippen molar-refractivity contribution >= 4 is 18.3 Å². The van der Waals surface area contributed by atoms with E-state index in [0.717, 1.165) is 18.7 Å². The lowest BCUT2D eigenvalue weighted by Gasteiger charge is -2.20. The average molecular weight is 394 g/mol. The van der Waals surface area contributed by atoms with Crippen molar-refractivity contribution in [1.82, 2.24) is 15.6 Å². The topological polar surface area (TPSA) is 72.5 Å². The van der Waals surface area contributed by atoms with Crippen LogP contribution in [0.3, 0.4) is 0 Å². The zero-order chi connectivity index (χ0) is 18.8. The smallest absolute Gasteiger partial charge is 0.258 e. The van der Waals surface area contributed by atoms with E-state index >= 15 is 0 Å². The van der Waals surface area contributed by atoms with E-state index in [0.29, 0.717) is 18.2 Å².